The van der Waals surface area contributed by atoms with E-state index in [2.05, 4.69) is 26.6 Å². The third-order valence-corrected chi connectivity index (χ3v) is 5.44. The highest BCUT2D eigenvalue weighted by Crippen LogP contribution is 2.44. The summed E-state index contributed by atoms with van der Waals surface area (Å²) in [5.74, 6) is 0.798. The van der Waals surface area contributed by atoms with E-state index in [1.807, 2.05) is 41.2 Å². The zero-order valence-electron chi connectivity index (χ0n) is 15.0. The highest BCUT2D eigenvalue weighted by atomic mass is 16.3. The first-order chi connectivity index (χ1) is 13.2. The Balaban J connectivity index is 1.37. The number of aromatic hydroxyl groups is 1. The molecule has 0 unspecified atom stereocenters. The fraction of sp³-hybridized carbons (Fsp3) is 0.286. The Morgan fingerprint density at radius 3 is 2.70 bits per heavy atom. The van der Waals surface area contributed by atoms with Gasteiger partial charge in [0.25, 0.3) is 0 Å². The van der Waals surface area contributed by atoms with Gasteiger partial charge in [-0.15, -0.1) is 10.2 Å². The molecule has 2 fully saturated rings. The number of hydrogen-bond acceptors (Lipinski definition) is 5. The van der Waals surface area contributed by atoms with Crippen molar-refractivity contribution in [2.45, 2.75) is 31.2 Å². The Morgan fingerprint density at radius 2 is 2.00 bits per heavy atom. The maximum atomic E-state index is 10.4. The van der Waals surface area contributed by atoms with Crippen LogP contribution in [0.3, 0.4) is 0 Å². The van der Waals surface area contributed by atoms with Gasteiger partial charge in [0.1, 0.15) is 11.4 Å². The maximum absolute atomic E-state index is 10.4. The number of nitrogens with zero attached hydrogens (tertiary/aromatic N) is 4. The molecule has 3 heterocycles. The van der Waals surface area contributed by atoms with Gasteiger partial charge in [0.2, 0.25) is 0 Å². The second-order valence-electron chi connectivity index (χ2n) is 7.43. The minimum absolute atomic E-state index is 0.164. The minimum Gasteiger partial charge on any atom is -0.507 e. The lowest BCUT2D eigenvalue weighted by Gasteiger charge is -2.25. The highest BCUT2D eigenvalue weighted by Gasteiger charge is 2.44. The van der Waals surface area contributed by atoms with Crippen LogP contribution in [-0.4, -0.2) is 36.9 Å². The summed E-state index contributed by atoms with van der Waals surface area (Å²) in [6.07, 6.45) is 12.3. The molecule has 1 aliphatic carbocycles. The predicted octanol–water partition coefficient (Wildman–Crippen LogP) is 3.33. The Morgan fingerprint density at radius 1 is 1.15 bits per heavy atom. The lowest BCUT2D eigenvalue weighted by Crippen LogP contribution is -2.36. The van der Waals surface area contributed by atoms with Crippen molar-refractivity contribution in [2.24, 2.45) is 0 Å². The molecule has 1 saturated carbocycles. The van der Waals surface area contributed by atoms with Crippen LogP contribution in [-0.2, 0) is 0 Å². The van der Waals surface area contributed by atoms with Crippen LogP contribution in [0.15, 0.2) is 54.5 Å². The Labute approximate surface area is 157 Å². The molecule has 2 aliphatic rings. The van der Waals surface area contributed by atoms with Gasteiger partial charge in [-0.1, -0.05) is 5.57 Å². The van der Waals surface area contributed by atoms with Gasteiger partial charge in [-0.25, -0.2) is 4.98 Å². The number of aromatic nitrogens is 4. The second kappa shape index (κ2) is 6.32. The normalized spacial score (nSPS) is 19.5. The lowest BCUT2D eigenvalue weighted by atomic mass is 9.96. The van der Waals surface area contributed by atoms with Crippen molar-refractivity contribution >= 4 is 6.08 Å². The van der Waals surface area contributed by atoms with Crippen LogP contribution in [0, 0.1) is 0 Å². The number of phenolic OH excluding ortho intramolecular Hbond substituents is 1. The van der Waals surface area contributed by atoms with Crippen molar-refractivity contribution in [3.05, 3.63) is 60.3 Å². The molecule has 1 aliphatic heterocycles. The summed E-state index contributed by atoms with van der Waals surface area (Å²) < 4.78 is 1.94. The number of hydrogen-bond donors (Lipinski definition) is 2. The van der Waals surface area contributed by atoms with Crippen LogP contribution < -0.4 is 5.32 Å². The first-order valence-electron chi connectivity index (χ1n) is 9.32. The molecule has 5 rings (SSSR count). The van der Waals surface area contributed by atoms with E-state index in [0.717, 1.165) is 25.1 Å². The Bertz CT molecular complexity index is 988. The van der Waals surface area contributed by atoms with Crippen molar-refractivity contribution in [1.82, 2.24) is 25.1 Å². The van der Waals surface area contributed by atoms with Gasteiger partial charge >= 0.3 is 0 Å². The molecule has 6 nitrogen and oxygen atoms in total. The van der Waals surface area contributed by atoms with Gasteiger partial charge in [-0.05, 0) is 62.6 Å². The van der Waals surface area contributed by atoms with E-state index < -0.39 is 0 Å². The molecule has 0 radical (unpaired) electrons. The number of phenols is 1. The lowest BCUT2D eigenvalue weighted by molar-refractivity contribution is 0.449. The Kier molecular flexibility index (Phi) is 3.79. The first-order valence-corrected chi connectivity index (χ1v) is 9.32. The van der Waals surface area contributed by atoms with E-state index in [-0.39, 0.29) is 5.75 Å². The quantitative estimate of drug-likeness (QED) is 0.750. The van der Waals surface area contributed by atoms with Crippen LogP contribution in [0.25, 0.3) is 23.0 Å². The molecule has 2 N–H and O–H groups in total. The fourth-order valence-electron chi connectivity index (χ4n) is 3.76. The SMILES string of the molecule is Oc1cc(-n2cccc2)ccc1-c1cnc(/C=C2/CCNC3(CC3)C2)nn1. The number of rotatable bonds is 3. The van der Waals surface area contributed by atoms with E-state index in [0.29, 0.717) is 22.6 Å². The van der Waals surface area contributed by atoms with Gasteiger partial charge in [-0.3, -0.25) is 0 Å². The zero-order chi connectivity index (χ0) is 18.3. The summed E-state index contributed by atoms with van der Waals surface area (Å²) in [4.78, 5) is 4.44. The molecule has 0 bridgehead atoms. The molecule has 6 heteroatoms. The van der Waals surface area contributed by atoms with Gasteiger partial charge in [0, 0.05) is 35.2 Å². The molecule has 136 valence electrons. The van der Waals surface area contributed by atoms with Crippen LogP contribution >= 0.6 is 0 Å². The van der Waals surface area contributed by atoms with Gasteiger partial charge in [0.05, 0.1) is 6.20 Å². The van der Waals surface area contributed by atoms with E-state index in [9.17, 15) is 5.11 Å². The summed E-state index contributed by atoms with van der Waals surface area (Å²) in [5, 5.41) is 22.6. The van der Waals surface area contributed by atoms with E-state index in [4.69, 9.17) is 0 Å². The summed E-state index contributed by atoms with van der Waals surface area (Å²) in [7, 11) is 0. The molecule has 1 aromatic carbocycles. The topological polar surface area (TPSA) is 75.9 Å². The van der Waals surface area contributed by atoms with E-state index in [1.165, 1.54) is 18.4 Å². The monoisotopic (exact) mass is 359 g/mol. The van der Waals surface area contributed by atoms with Crippen molar-refractivity contribution in [3.8, 4) is 22.7 Å². The summed E-state index contributed by atoms with van der Waals surface area (Å²) in [5.41, 5.74) is 3.83. The minimum atomic E-state index is 0.164. The third-order valence-electron chi connectivity index (χ3n) is 5.44. The largest absolute Gasteiger partial charge is 0.507 e. The first kappa shape index (κ1) is 16.2. The summed E-state index contributed by atoms with van der Waals surface area (Å²) in [6.45, 7) is 1.03. The summed E-state index contributed by atoms with van der Waals surface area (Å²) >= 11 is 0. The predicted molar refractivity (Wildman–Crippen MR) is 103 cm³/mol. The van der Waals surface area contributed by atoms with Gasteiger partial charge in [0.15, 0.2) is 5.82 Å². The number of nitrogens with one attached hydrogen (secondary N) is 1. The molecule has 3 aromatic rings. The molecular weight excluding hydrogens is 338 g/mol. The van der Waals surface area contributed by atoms with Crippen molar-refractivity contribution in [1.29, 1.82) is 0 Å². The third kappa shape index (κ3) is 3.24. The molecular formula is C21H21N5O. The molecule has 27 heavy (non-hydrogen) atoms. The van der Waals surface area contributed by atoms with Crippen LogP contribution in [0.2, 0.25) is 0 Å². The Hall–Kier alpha value is -2.99. The average molecular weight is 359 g/mol. The molecule has 0 amide bonds. The average Bonchev–Trinajstić information content (AvgIpc) is 3.20. The standard InChI is InChI=1S/C21H21N5O/c27-19-12-16(26-9-1-2-10-26)3-4-17(19)18-14-22-20(25-24-18)11-15-5-8-23-21(13-15)6-7-21/h1-4,9-12,14,23,27H,5-8,13H2/b15-11-. The second-order valence-corrected chi connectivity index (χ2v) is 7.43. The van der Waals surface area contributed by atoms with Crippen molar-refractivity contribution in [3.63, 3.8) is 0 Å². The maximum Gasteiger partial charge on any atom is 0.174 e. The molecule has 1 spiro atoms. The van der Waals surface area contributed by atoms with Crippen molar-refractivity contribution < 1.29 is 5.11 Å². The number of piperidine rings is 1. The van der Waals surface area contributed by atoms with Gasteiger partial charge < -0.3 is 15.0 Å². The van der Waals surface area contributed by atoms with Gasteiger partial charge in [-0.2, -0.15) is 0 Å². The highest BCUT2D eigenvalue weighted by molar-refractivity contribution is 5.68. The number of benzene rings is 1. The van der Waals surface area contributed by atoms with E-state index >= 15 is 0 Å². The van der Waals surface area contributed by atoms with Crippen LogP contribution in [0.5, 0.6) is 5.75 Å². The molecule has 1 saturated heterocycles. The molecule has 0 atom stereocenters. The van der Waals surface area contributed by atoms with Crippen molar-refractivity contribution in [2.75, 3.05) is 6.54 Å². The van der Waals surface area contributed by atoms with E-state index in [1.54, 1.807) is 12.3 Å². The van der Waals surface area contributed by atoms with Crippen LogP contribution in [0.1, 0.15) is 31.5 Å². The fourth-order valence-corrected chi connectivity index (χ4v) is 3.76. The molecule has 2 aromatic heterocycles. The van der Waals surface area contributed by atoms with Crippen LogP contribution in [0.4, 0.5) is 0 Å². The smallest absolute Gasteiger partial charge is 0.174 e. The summed E-state index contributed by atoms with van der Waals surface area (Å²) in [6, 6.07) is 9.40. The zero-order valence-corrected chi connectivity index (χ0v) is 15.0.